The van der Waals surface area contributed by atoms with Crippen LogP contribution in [0, 0.1) is 13.8 Å². The van der Waals surface area contributed by atoms with Gasteiger partial charge in [-0.25, -0.2) is 4.79 Å². The molecule has 2 aromatic rings. The van der Waals surface area contributed by atoms with Crippen LogP contribution >= 0.6 is 0 Å². The van der Waals surface area contributed by atoms with Crippen LogP contribution < -0.4 is 0 Å². The molecule has 0 N–H and O–H groups in total. The molecule has 0 unspecified atom stereocenters. The van der Waals surface area contributed by atoms with Crippen molar-refractivity contribution in [3.63, 3.8) is 0 Å². The largest absolute Gasteiger partial charge is 0.462 e. The van der Waals surface area contributed by atoms with Crippen LogP contribution in [-0.2, 0) is 4.74 Å². The molecule has 0 amide bonds. The third-order valence-corrected chi connectivity index (χ3v) is 3.12. The van der Waals surface area contributed by atoms with Crippen molar-refractivity contribution in [2.45, 2.75) is 20.8 Å². The first-order valence-corrected chi connectivity index (χ1v) is 6.47. The number of carbonyl (C=O) groups is 1. The number of benzene rings is 2. The fraction of sp³-hybridized carbons (Fsp3) is 0.235. The van der Waals surface area contributed by atoms with Crippen molar-refractivity contribution in [3.05, 3.63) is 59.2 Å². The number of rotatable bonds is 3. The van der Waals surface area contributed by atoms with Crippen molar-refractivity contribution in [1.29, 1.82) is 0 Å². The van der Waals surface area contributed by atoms with Crippen LogP contribution in [0.3, 0.4) is 0 Å². The molecule has 0 saturated carbocycles. The lowest BCUT2D eigenvalue weighted by atomic mass is 9.95. The molecule has 2 rings (SSSR count). The highest BCUT2D eigenvalue weighted by molar-refractivity contribution is 5.93. The Morgan fingerprint density at radius 1 is 1.00 bits per heavy atom. The molecular formula is C17H18O2. The lowest BCUT2D eigenvalue weighted by molar-refractivity contribution is 0.0524. The number of esters is 1. The van der Waals surface area contributed by atoms with Gasteiger partial charge in [0.05, 0.1) is 12.2 Å². The maximum atomic E-state index is 11.9. The zero-order valence-electron chi connectivity index (χ0n) is 11.6. The van der Waals surface area contributed by atoms with E-state index in [1.807, 2.05) is 51.1 Å². The highest BCUT2D eigenvalue weighted by Crippen LogP contribution is 2.25. The molecule has 98 valence electrons. The van der Waals surface area contributed by atoms with E-state index in [1.54, 1.807) is 0 Å². The van der Waals surface area contributed by atoms with Crippen molar-refractivity contribution in [3.8, 4) is 11.1 Å². The summed E-state index contributed by atoms with van der Waals surface area (Å²) in [6.07, 6.45) is 0. The Bertz CT molecular complexity index is 562. The van der Waals surface area contributed by atoms with Crippen LogP contribution in [-0.4, -0.2) is 12.6 Å². The van der Waals surface area contributed by atoms with Gasteiger partial charge in [-0.2, -0.15) is 0 Å². The zero-order valence-corrected chi connectivity index (χ0v) is 11.6. The van der Waals surface area contributed by atoms with Crippen molar-refractivity contribution >= 4 is 5.97 Å². The molecular weight excluding hydrogens is 236 g/mol. The standard InChI is InChI=1S/C17H18O2/c1-4-19-17(18)16-12(2)10-15(11-13(16)3)14-8-6-5-7-9-14/h5-11H,4H2,1-3H3. The van der Waals surface area contributed by atoms with Gasteiger partial charge in [-0.05, 0) is 43.0 Å². The van der Waals surface area contributed by atoms with Gasteiger partial charge in [-0.15, -0.1) is 0 Å². The van der Waals surface area contributed by atoms with E-state index < -0.39 is 0 Å². The third kappa shape index (κ3) is 2.84. The Labute approximate surface area is 114 Å². The average Bonchev–Trinajstić information content (AvgIpc) is 2.39. The number of aryl methyl sites for hydroxylation is 2. The molecule has 2 heteroatoms. The molecule has 0 saturated heterocycles. The van der Waals surface area contributed by atoms with Gasteiger partial charge in [0.1, 0.15) is 0 Å². The molecule has 0 fully saturated rings. The third-order valence-electron chi connectivity index (χ3n) is 3.12. The van der Waals surface area contributed by atoms with Gasteiger partial charge in [0.2, 0.25) is 0 Å². The summed E-state index contributed by atoms with van der Waals surface area (Å²) in [4.78, 5) is 11.9. The molecule has 19 heavy (non-hydrogen) atoms. The van der Waals surface area contributed by atoms with Gasteiger partial charge in [-0.1, -0.05) is 42.5 Å². The second kappa shape index (κ2) is 5.70. The quantitative estimate of drug-likeness (QED) is 0.769. The topological polar surface area (TPSA) is 26.3 Å². The van der Waals surface area contributed by atoms with E-state index >= 15 is 0 Å². The van der Waals surface area contributed by atoms with Crippen LogP contribution in [0.15, 0.2) is 42.5 Å². The number of hydrogen-bond acceptors (Lipinski definition) is 2. The first-order valence-electron chi connectivity index (χ1n) is 6.47. The summed E-state index contributed by atoms with van der Waals surface area (Å²) in [5.41, 5.74) is 4.88. The highest BCUT2D eigenvalue weighted by atomic mass is 16.5. The summed E-state index contributed by atoms with van der Waals surface area (Å²) in [7, 11) is 0. The molecule has 0 aliphatic carbocycles. The second-order valence-electron chi connectivity index (χ2n) is 4.57. The minimum Gasteiger partial charge on any atom is -0.462 e. The van der Waals surface area contributed by atoms with Crippen molar-refractivity contribution < 1.29 is 9.53 Å². The Balaban J connectivity index is 2.45. The summed E-state index contributed by atoms with van der Waals surface area (Å²) < 4.78 is 5.10. The Kier molecular flexibility index (Phi) is 4.00. The fourth-order valence-corrected chi connectivity index (χ4v) is 2.29. The van der Waals surface area contributed by atoms with E-state index in [1.165, 1.54) is 0 Å². The number of carbonyl (C=O) groups excluding carboxylic acids is 1. The van der Waals surface area contributed by atoms with Gasteiger partial charge in [0, 0.05) is 0 Å². The predicted molar refractivity (Wildman–Crippen MR) is 77.3 cm³/mol. The normalized spacial score (nSPS) is 10.3. The molecule has 0 aromatic heterocycles. The zero-order chi connectivity index (χ0) is 13.8. The SMILES string of the molecule is CCOC(=O)c1c(C)cc(-c2ccccc2)cc1C. The van der Waals surface area contributed by atoms with Crippen LogP contribution in [0.4, 0.5) is 0 Å². The summed E-state index contributed by atoms with van der Waals surface area (Å²) in [5.74, 6) is -0.239. The van der Waals surface area contributed by atoms with Gasteiger partial charge in [0.25, 0.3) is 0 Å². The lowest BCUT2D eigenvalue weighted by Crippen LogP contribution is -2.09. The summed E-state index contributed by atoms with van der Waals surface area (Å²) >= 11 is 0. The molecule has 0 aliphatic rings. The van der Waals surface area contributed by atoms with E-state index in [0.717, 1.165) is 22.3 Å². The first kappa shape index (κ1) is 13.3. The van der Waals surface area contributed by atoms with Crippen LogP contribution in [0.25, 0.3) is 11.1 Å². The molecule has 0 spiro atoms. The number of ether oxygens (including phenoxy) is 1. The Hall–Kier alpha value is -2.09. The van der Waals surface area contributed by atoms with Crippen molar-refractivity contribution in [1.82, 2.24) is 0 Å². The van der Waals surface area contributed by atoms with E-state index in [4.69, 9.17) is 4.74 Å². The van der Waals surface area contributed by atoms with Crippen LogP contribution in [0.1, 0.15) is 28.4 Å². The van der Waals surface area contributed by atoms with E-state index in [9.17, 15) is 4.79 Å². The smallest absolute Gasteiger partial charge is 0.338 e. The maximum absolute atomic E-state index is 11.9. The molecule has 0 radical (unpaired) electrons. The molecule has 0 atom stereocenters. The molecule has 2 aromatic carbocycles. The van der Waals surface area contributed by atoms with Gasteiger partial charge < -0.3 is 4.74 Å². The van der Waals surface area contributed by atoms with Crippen molar-refractivity contribution in [2.24, 2.45) is 0 Å². The van der Waals surface area contributed by atoms with Crippen LogP contribution in [0.5, 0.6) is 0 Å². The Morgan fingerprint density at radius 3 is 2.11 bits per heavy atom. The summed E-state index contributed by atoms with van der Waals surface area (Å²) in [6, 6.07) is 14.2. The minimum atomic E-state index is -0.239. The van der Waals surface area contributed by atoms with E-state index in [-0.39, 0.29) is 5.97 Å². The van der Waals surface area contributed by atoms with Gasteiger partial charge in [0.15, 0.2) is 0 Å². The monoisotopic (exact) mass is 254 g/mol. The average molecular weight is 254 g/mol. The molecule has 0 heterocycles. The first-order chi connectivity index (χ1) is 9.13. The molecule has 0 bridgehead atoms. The van der Waals surface area contributed by atoms with Crippen molar-refractivity contribution in [2.75, 3.05) is 6.61 Å². The van der Waals surface area contributed by atoms with Crippen LogP contribution in [0.2, 0.25) is 0 Å². The number of hydrogen-bond donors (Lipinski definition) is 0. The van der Waals surface area contributed by atoms with E-state index in [0.29, 0.717) is 12.2 Å². The molecule has 0 aliphatic heterocycles. The second-order valence-corrected chi connectivity index (χ2v) is 4.57. The minimum absolute atomic E-state index is 0.239. The Morgan fingerprint density at radius 2 is 1.58 bits per heavy atom. The molecule has 2 nitrogen and oxygen atoms in total. The predicted octanol–water partition coefficient (Wildman–Crippen LogP) is 4.15. The highest BCUT2D eigenvalue weighted by Gasteiger charge is 2.14. The lowest BCUT2D eigenvalue weighted by Gasteiger charge is -2.12. The summed E-state index contributed by atoms with van der Waals surface area (Å²) in [5, 5.41) is 0. The van der Waals surface area contributed by atoms with E-state index in [2.05, 4.69) is 12.1 Å². The van der Waals surface area contributed by atoms with Gasteiger partial charge in [-0.3, -0.25) is 0 Å². The summed E-state index contributed by atoms with van der Waals surface area (Å²) in [6.45, 7) is 6.12. The fourth-order valence-electron chi connectivity index (χ4n) is 2.29. The maximum Gasteiger partial charge on any atom is 0.338 e. The van der Waals surface area contributed by atoms with Gasteiger partial charge >= 0.3 is 5.97 Å².